The number of carbonyl (C=O) groups excluding carboxylic acids is 1. The highest BCUT2D eigenvalue weighted by Crippen LogP contribution is 2.36. The molecule has 1 heterocycles. The third-order valence-corrected chi connectivity index (χ3v) is 4.68. The molecule has 6 heteroatoms. The second kappa shape index (κ2) is 9.04. The summed E-state index contributed by atoms with van der Waals surface area (Å²) in [6, 6.07) is 7.72. The van der Waals surface area contributed by atoms with Crippen molar-refractivity contribution in [3.63, 3.8) is 0 Å². The Morgan fingerprint density at radius 1 is 1.25 bits per heavy atom. The van der Waals surface area contributed by atoms with Crippen molar-refractivity contribution in [2.45, 2.75) is 50.2 Å². The van der Waals surface area contributed by atoms with Crippen molar-refractivity contribution in [2.24, 2.45) is 4.99 Å². The molecule has 1 aromatic rings. The fourth-order valence-corrected chi connectivity index (χ4v) is 3.46. The SMILES string of the molecule is Cl.O=C(OC1CN=CNC1)C(O)c1ccccc1C1CCCCC1. The molecular formula is C18H25ClN2O3. The molecule has 0 spiro atoms. The van der Waals surface area contributed by atoms with E-state index in [9.17, 15) is 9.90 Å². The molecule has 2 aliphatic rings. The van der Waals surface area contributed by atoms with Crippen LogP contribution in [-0.2, 0) is 9.53 Å². The number of esters is 1. The Hall–Kier alpha value is -1.59. The zero-order valence-corrected chi connectivity index (χ0v) is 14.5. The molecule has 0 radical (unpaired) electrons. The van der Waals surface area contributed by atoms with Gasteiger partial charge in [0.25, 0.3) is 0 Å². The molecule has 0 amide bonds. The van der Waals surface area contributed by atoms with Gasteiger partial charge in [0.2, 0.25) is 0 Å². The number of aliphatic hydroxyl groups is 1. The highest BCUT2D eigenvalue weighted by atomic mass is 35.5. The molecule has 3 rings (SSSR count). The van der Waals surface area contributed by atoms with Crippen LogP contribution in [0.3, 0.4) is 0 Å². The largest absolute Gasteiger partial charge is 0.456 e. The van der Waals surface area contributed by atoms with Crippen LogP contribution in [0.15, 0.2) is 29.3 Å². The lowest BCUT2D eigenvalue weighted by Crippen LogP contribution is -2.37. The molecule has 1 fully saturated rings. The second-order valence-corrected chi connectivity index (χ2v) is 6.33. The van der Waals surface area contributed by atoms with Gasteiger partial charge in [-0.2, -0.15) is 0 Å². The number of nitrogens with zero attached hydrogens (tertiary/aromatic N) is 1. The van der Waals surface area contributed by atoms with Crippen molar-refractivity contribution in [3.05, 3.63) is 35.4 Å². The lowest BCUT2D eigenvalue weighted by molar-refractivity contribution is -0.158. The standard InChI is InChI=1S/C18H24N2O3.ClH/c21-17(18(22)23-14-10-19-12-20-11-14)16-9-5-4-8-15(16)13-6-2-1-3-7-13;/h4-5,8-9,12-14,17,21H,1-3,6-7,10-11H2,(H,19,20);1H. The molecule has 2 unspecified atom stereocenters. The average molecular weight is 353 g/mol. The molecule has 1 saturated carbocycles. The van der Waals surface area contributed by atoms with Crippen LogP contribution in [0, 0.1) is 0 Å². The van der Waals surface area contributed by atoms with Crippen LogP contribution in [0.25, 0.3) is 0 Å². The Morgan fingerprint density at radius 2 is 2.00 bits per heavy atom. The summed E-state index contributed by atoms with van der Waals surface area (Å²) in [5.74, 6) is -0.152. The minimum absolute atomic E-state index is 0. The van der Waals surface area contributed by atoms with Gasteiger partial charge in [-0.3, -0.25) is 4.99 Å². The number of carbonyl (C=O) groups is 1. The van der Waals surface area contributed by atoms with Gasteiger partial charge in [0.1, 0.15) is 6.10 Å². The Labute approximate surface area is 148 Å². The summed E-state index contributed by atoms with van der Waals surface area (Å²) in [6.45, 7) is 0.974. The predicted octanol–water partition coefficient (Wildman–Crippen LogP) is 2.73. The van der Waals surface area contributed by atoms with Crippen LogP contribution in [-0.4, -0.2) is 36.6 Å². The minimum atomic E-state index is -1.22. The molecule has 2 atom stereocenters. The van der Waals surface area contributed by atoms with Crippen molar-refractivity contribution in [2.75, 3.05) is 13.1 Å². The highest BCUT2D eigenvalue weighted by molar-refractivity contribution is 5.85. The van der Waals surface area contributed by atoms with E-state index in [0.717, 1.165) is 18.4 Å². The van der Waals surface area contributed by atoms with E-state index in [-0.39, 0.29) is 18.5 Å². The van der Waals surface area contributed by atoms with E-state index in [1.807, 2.05) is 24.3 Å². The highest BCUT2D eigenvalue weighted by Gasteiger charge is 2.28. The van der Waals surface area contributed by atoms with Crippen LogP contribution in [0.5, 0.6) is 0 Å². The smallest absolute Gasteiger partial charge is 0.340 e. The van der Waals surface area contributed by atoms with Crippen molar-refractivity contribution in [3.8, 4) is 0 Å². The number of ether oxygens (including phenoxy) is 1. The summed E-state index contributed by atoms with van der Waals surface area (Å²) in [7, 11) is 0. The first-order valence-electron chi connectivity index (χ1n) is 8.45. The molecule has 0 bridgehead atoms. The topological polar surface area (TPSA) is 70.9 Å². The van der Waals surface area contributed by atoms with Crippen LogP contribution >= 0.6 is 12.4 Å². The number of benzene rings is 1. The lowest BCUT2D eigenvalue weighted by Gasteiger charge is -2.26. The normalized spacial score (nSPS) is 22.1. The number of halogens is 1. The molecule has 1 aliphatic heterocycles. The van der Waals surface area contributed by atoms with Gasteiger partial charge in [-0.25, -0.2) is 4.79 Å². The van der Waals surface area contributed by atoms with Crippen molar-refractivity contribution in [1.29, 1.82) is 0 Å². The van der Waals surface area contributed by atoms with Crippen LogP contribution in [0.4, 0.5) is 0 Å². The van der Waals surface area contributed by atoms with Crippen molar-refractivity contribution >= 4 is 24.7 Å². The minimum Gasteiger partial charge on any atom is -0.456 e. The molecule has 1 aromatic carbocycles. The number of rotatable bonds is 4. The lowest BCUT2D eigenvalue weighted by atomic mass is 9.81. The van der Waals surface area contributed by atoms with Crippen LogP contribution in [0.2, 0.25) is 0 Å². The van der Waals surface area contributed by atoms with Gasteiger partial charge in [-0.1, -0.05) is 43.5 Å². The molecular weight excluding hydrogens is 328 g/mol. The van der Waals surface area contributed by atoms with Gasteiger partial charge in [0, 0.05) is 0 Å². The van der Waals surface area contributed by atoms with Gasteiger partial charge < -0.3 is 15.2 Å². The van der Waals surface area contributed by atoms with Gasteiger partial charge >= 0.3 is 5.97 Å². The summed E-state index contributed by atoms with van der Waals surface area (Å²) in [5.41, 5.74) is 1.79. The third kappa shape index (κ3) is 4.48. The summed E-state index contributed by atoms with van der Waals surface area (Å²) in [4.78, 5) is 16.3. The van der Waals surface area contributed by atoms with Crippen molar-refractivity contribution < 1.29 is 14.6 Å². The maximum atomic E-state index is 12.3. The third-order valence-electron chi connectivity index (χ3n) is 4.68. The van der Waals surface area contributed by atoms with E-state index in [0.29, 0.717) is 24.6 Å². The van der Waals surface area contributed by atoms with Crippen molar-refractivity contribution in [1.82, 2.24) is 5.32 Å². The number of hydrogen-bond donors (Lipinski definition) is 2. The maximum Gasteiger partial charge on any atom is 0.340 e. The van der Waals surface area contributed by atoms with Gasteiger partial charge in [-0.15, -0.1) is 12.4 Å². The number of hydrogen-bond acceptors (Lipinski definition) is 5. The summed E-state index contributed by atoms with van der Waals surface area (Å²) in [5, 5.41) is 13.4. The number of nitrogens with one attached hydrogen (secondary N) is 1. The number of aliphatic imine (C=N–C) groups is 1. The quantitative estimate of drug-likeness (QED) is 0.817. The average Bonchev–Trinajstić information content (AvgIpc) is 2.62. The number of aliphatic hydroxyl groups excluding tert-OH is 1. The predicted molar refractivity (Wildman–Crippen MR) is 95.7 cm³/mol. The molecule has 2 N–H and O–H groups in total. The molecule has 132 valence electrons. The van der Waals surface area contributed by atoms with E-state index in [2.05, 4.69) is 10.3 Å². The molecule has 24 heavy (non-hydrogen) atoms. The summed E-state index contributed by atoms with van der Waals surface area (Å²) in [6.07, 6.45) is 6.02. The Morgan fingerprint density at radius 3 is 2.71 bits per heavy atom. The molecule has 0 saturated heterocycles. The van der Waals surface area contributed by atoms with Gasteiger partial charge in [0.05, 0.1) is 19.4 Å². The van der Waals surface area contributed by atoms with Crippen LogP contribution < -0.4 is 5.32 Å². The monoisotopic (exact) mass is 352 g/mol. The fraction of sp³-hybridized carbons (Fsp3) is 0.556. The van der Waals surface area contributed by atoms with E-state index < -0.39 is 12.1 Å². The second-order valence-electron chi connectivity index (χ2n) is 6.33. The molecule has 1 aliphatic carbocycles. The van der Waals surface area contributed by atoms with Crippen LogP contribution in [0.1, 0.15) is 55.3 Å². The Kier molecular flexibility index (Phi) is 7.06. The summed E-state index contributed by atoms with van der Waals surface area (Å²) < 4.78 is 5.38. The van der Waals surface area contributed by atoms with E-state index in [1.165, 1.54) is 19.3 Å². The van der Waals surface area contributed by atoms with E-state index in [1.54, 1.807) is 6.34 Å². The maximum absolute atomic E-state index is 12.3. The van der Waals surface area contributed by atoms with Gasteiger partial charge in [0.15, 0.2) is 6.10 Å². The Bertz CT molecular complexity index is 573. The zero-order valence-electron chi connectivity index (χ0n) is 13.7. The molecule has 5 nitrogen and oxygen atoms in total. The zero-order chi connectivity index (χ0) is 16.1. The molecule has 0 aromatic heterocycles. The Balaban J connectivity index is 0.00000208. The first-order valence-corrected chi connectivity index (χ1v) is 8.45. The fourth-order valence-electron chi connectivity index (χ4n) is 3.46. The first-order chi connectivity index (χ1) is 11.3. The summed E-state index contributed by atoms with van der Waals surface area (Å²) >= 11 is 0. The first kappa shape index (κ1) is 18.7. The van der Waals surface area contributed by atoms with E-state index in [4.69, 9.17) is 4.74 Å². The van der Waals surface area contributed by atoms with Gasteiger partial charge in [-0.05, 0) is 29.9 Å². The van der Waals surface area contributed by atoms with E-state index >= 15 is 0 Å².